The van der Waals surface area contributed by atoms with Gasteiger partial charge in [0.15, 0.2) is 6.10 Å². The van der Waals surface area contributed by atoms with Gasteiger partial charge in [-0.1, -0.05) is 30.3 Å². The van der Waals surface area contributed by atoms with E-state index >= 15 is 0 Å². The summed E-state index contributed by atoms with van der Waals surface area (Å²) in [4.78, 5) is 26.2. The van der Waals surface area contributed by atoms with Crippen molar-refractivity contribution in [3.63, 3.8) is 0 Å². The van der Waals surface area contributed by atoms with E-state index < -0.39 is 18.0 Å². The Morgan fingerprint density at radius 2 is 1.79 bits per heavy atom. The number of hydrogen-bond donors (Lipinski definition) is 0. The van der Waals surface area contributed by atoms with Gasteiger partial charge in [0.2, 0.25) is 0 Å². The lowest BCUT2D eigenvalue weighted by Gasteiger charge is -2.21. The Morgan fingerprint density at radius 1 is 1.14 bits per heavy atom. The average molecular weight is 378 g/mol. The van der Waals surface area contributed by atoms with Crippen LogP contribution in [0.25, 0.3) is 6.08 Å². The van der Waals surface area contributed by atoms with E-state index in [4.69, 9.17) is 9.47 Å². The Morgan fingerprint density at radius 3 is 2.36 bits per heavy atom. The molecule has 6 nitrogen and oxygen atoms in total. The Balaban J connectivity index is 2.06. The normalized spacial score (nSPS) is 11.9. The van der Waals surface area contributed by atoms with Crippen molar-refractivity contribution >= 4 is 23.6 Å². The summed E-state index contributed by atoms with van der Waals surface area (Å²) < 4.78 is 10.6. The molecule has 0 saturated heterocycles. The van der Waals surface area contributed by atoms with Crippen LogP contribution in [0.5, 0.6) is 5.75 Å². The maximum absolute atomic E-state index is 12.5. The van der Waals surface area contributed by atoms with E-state index in [9.17, 15) is 14.9 Å². The zero-order chi connectivity index (χ0) is 20.5. The summed E-state index contributed by atoms with van der Waals surface area (Å²) in [6.07, 6.45) is 0.380. The summed E-state index contributed by atoms with van der Waals surface area (Å²) in [5.74, 6) is -0.541. The van der Waals surface area contributed by atoms with Crippen LogP contribution in [0.3, 0.4) is 0 Å². The molecule has 1 atom stereocenters. The van der Waals surface area contributed by atoms with Gasteiger partial charge in [0.25, 0.3) is 5.91 Å². The summed E-state index contributed by atoms with van der Waals surface area (Å²) in [7, 11) is 1.60. The van der Waals surface area contributed by atoms with Crippen LogP contribution in [0, 0.1) is 11.3 Å². The lowest BCUT2D eigenvalue weighted by molar-refractivity contribution is -0.149. The van der Waals surface area contributed by atoms with E-state index in [0.29, 0.717) is 23.6 Å². The third kappa shape index (κ3) is 5.45. The summed E-state index contributed by atoms with van der Waals surface area (Å²) in [6.45, 7) is 3.91. The molecule has 0 bridgehead atoms. The van der Waals surface area contributed by atoms with Gasteiger partial charge in [-0.15, -0.1) is 0 Å². The monoisotopic (exact) mass is 378 g/mol. The summed E-state index contributed by atoms with van der Waals surface area (Å²) in [5, 5.41) is 9.30. The Kier molecular flexibility index (Phi) is 7.35. The number of amides is 1. The predicted octanol–water partition coefficient (Wildman–Crippen LogP) is 3.59. The van der Waals surface area contributed by atoms with Crippen LogP contribution in [0.15, 0.2) is 60.2 Å². The molecule has 0 saturated carbocycles. The van der Waals surface area contributed by atoms with E-state index in [2.05, 4.69) is 0 Å². The fourth-order valence-corrected chi connectivity index (χ4v) is 2.46. The van der Waals surface area contributed by atoms with Gasteiger partial charge in [-0.3, -0.25) is 4.79 Å². The molecular formula is C22H22N2O4. The van der Waals surface area contributed by atoms with E-state index in [1.807, 2.05) is 31.2 Å². The lowest BCUT2D eigenvalue weighted by Crippen LogP contribution is -2.37. The van der Waals surface area contributed by atoms with Crippen LogP contribution in [0.4, 0.5) is 5.69 Å². The number of carbonyl (C=O) groups is 2. The lowest BCUT2D eigenvalue weighted by atomic mass is 10.1. The molecule has 0 unspecified atom stereocenters. The van der Waals surface area contributed by atoms with Crippen molar-refractivity contribution in [2.75, 3.05) is 18.6 Å². The van der Waals surface area contributed by atoms with Gasteiger partial charge in [-0.2, -0.15) is 5.26 Å². The number of anilines is 1. The molecule has 1 amide bonds. The van der Waals surface area contributed by atoms with Crippen LogP contribution in [-0.4, -0.2) is 31.6 Å². The SMILES string of the molecule is CCOc1ccc(/C=C(\C#N)C(=O)O[C@H](C)C(=O)N(C)c2ccccc2)cc1. The first kappa shape index (κ1) is 20.7. The number of hydrogen-bond acceptors (Lipinski definition) is 5. The molecular weight excluding hydrogens is 356 g/mol. The van der Waals surface area contributed by atoms with Crippen molar-refractivity contribution in [2.45, 2.75) is 20.0 Å². The van der Waals surface area contributed by atoms with Crippen molar-refractivity contribution in [3.05, 3.63) is 65.7 Å². The zero-order valence-corrected chi connectivity index (χ0v) is 16.1. The van der Waals surface area contributed by atoms with Crippen LogP contribution >= 0.6 is 0 Å². The molecule has 28 heavy (non-hydrogen) atoms. The fraction of sp³-hybridized carbons (Fsp3) is 0.227. The quantitative estimate of drug-likeness (QED) is 0.418. The van der Waals surface area contributed by atoms with E-state index in [1.54, 1.807) is 43.4 Å². The predicted molar refractivity (Wildman–Crippen MR) is 107 cm³/mol. The van der Waals surface area contributed by atoms with Crippen molar-refractivity contribution < 1.29 is 19.1 Å². The molecule has 0 aliphatic heterocycles. The smallest absolute Gasteiger partial charge is 0.349 e. The van der Waals surface area contributed by atoms with Gasteiger partial charge in [0.1, 0.15) is 17.4 Å². The van der Waals surface area contributed by atoms with Crippen LogP contribution in [0.2, 0.25) is 0 Å². The van der Waals surface area contributed by atoms with Gasteiger partial charge in [-0.05, 0) is 49.8 Å². The third-order valence-electron chi connectivity index (χ3n) is 3.95. The largest absolute Gasteiger partial charge is 0.494 e. The van der Waals surface area contributed by atoms with Crippen molar-refractivity contribution in [1.29, 1.82) is 5.26 Å². The Hall–Kier alpha value is -3.59. The molecule has 2 rings (SSSR count). The maximum Gasteiger partial charge on any atom is 0.349 e. The second-order valence-electron chi connectivity index (χ2n) is 5.95. The number of ether oxygens (including phenoxy) is 2. The molecule has 0 aliphatic rings. The van der Waals surface area contributed by atoms with Crippen molar-refractivity contribution in [3.8, 4) is 11.8 Å². The Labute approximate surface area is 164 Å². The van der Waals surface area contributed by atoms with Crippen molar-refractivity contribution in [2.24, 2.45) is 0 Å². The number of rotatable bonds is 7. The van der Waals surface area contributed by atoms with Crippen molar-refractivity contribution in [1.82, 2.24) is 0 Å². The minimum Gasteiger partial charge on any atom is -0.494 e. The molecule has 2 aromatic rings. The summed E-state index contributed by atoms with van der Waals surface area (Å²) in [5.41, 5.74) is 1.14. The highest BCUT2D eigenvalue weighted by atomic mass is 16.5. The number of esters is 1. The number of para-hydroxylation sites is 1. The van der Waals surface area contributed by atoms with Gasteiger partial charge in [-0.25, -0.2) is 4.79 Å². The minimum atomic E-state index is -1.03. The first-order valence-corrected chi connectivity index (χ1v) is 8.84. The molecule has 2 aromatic carbocycles. The second-order valence-corrected chi connectivity index (χ2v) is 5.95. The second kappa shape index (κ2) is 9.93. The highest BCUT2D eigenvalue weighted by molar-refractivity contribution is 6.01. The number of carbonyl (C=O) groups excluding carboxylic acids is 2. The molecule has 0 heterocycles. The third-order valence-corrected chi connectivity index (χ3v) is 3.95. The van der Waals surface area contributed by atoms with E-state index in [0.717, 1.165) is 0 Å². The first-order chi connectivity index (χ1) is 13.5. The molecule has 0 aliphatic carbocycles. The number of nitriles is 1. The average Bonchev–Trinajstić information content (AvgIpc) is 2.72. The zero-order valence-electron chi connectivity index (χ0n) is 16.1. The van der Waals surface area contributed by atoms with Crippen LogP contribution in [-0.2, 0) is 14.3 Å². The fourth-order valence-electron chi connectivity index (χ4n) is 2.46. The topological polar surface area (TPSA) is 79.6 Å². The van der Waals surface area contributed by atoms with E-state index in [-0.39, 0.29) is 5.57 Å². The maximum atomic E-state index is 12.5. The standard InChI is InChI=1S/C22H22N2O4/c1-4-27-20-12-10-17(11-13-20)14-18(15-23)22(26)28-16(2)21(25)24(3)19-8-6-5-7-9-19/h5-14,16H,4H2,1-3H3/b18-14+/t16-/m1/s1. The minimum absolute atomic E-state index is 0.189. The summed E-state index contributed by atoms with van der Waals surface area (Å²) in [6, 6.07) is 17.8. The van der Waals surface area contributed by atoms with Gasteiger partial charge >= 0.3 is 5.97 Å². The highest BCUT2D eigenvalue weighted by Gasteiger charge is 2.24. The molecule has 0 N–H and O–H groups in total. The Bertz CT molecular complexity index is 883. The molecule has 0 spiro atoms. The number of nitrogens with zero attached hydrogens (tertiary/aromatic N) is 2. The van der Waals surface area contributed by atoms with E-state index in [1.165, 1.54) is 17.9 Å². The number of benzene rings is 2. The molecule has 0 fully saturated rings. The molecule has 0 aromatic heterocycles. The molecule has 6 heteroatoms. The van der Waals surface area contributed by atoms with Crippen LogP contribution in [0.1, 0.15) is 19.4 Å². The van der Waals surface area contributed by atoms with Gasteiger partial charge in [0, 0.05) is 12.7 Å². The van der Waals surface area contributed by atoms with Gasteiger partial charge < -0.3 is 14.4 Å². The molecule has 144 valence electrons. The van der Waals surface area contributed by atoms with Gasteiger partial charge in [0.05, 0.1) is 6.61 Å². The highest BCUT2D eigenvalue weighted by Crippen LogP contribution is 2.16. The van der Waals surface area contributed by atoms with Crippen LogP contribution < -0.4 is 9.64 Å². The summed E-state index contributed by atoms with van der Waals surface area (Å²) >= 11 is 0. The molecule has 0 radical (unpaired) electrons. The number of likely N-dealkylation sites (N-methyl/N-ethyl adjacent to an activating group) is 1. The first-order valence-electron chi connectivity index (χ1n) is 8.84.